The molecule has 0 aliphatic carbocycles. The van der Waals surface area contributed by atoms with Gasteiger partial charge < -0.3 is 15.4 Å². The molecule has 1 unspecified atom stereocenters. The highest BCUT2D eigenvalue weighted by atomic mass is 16.5. The molecule has 0 radical (unpaired) electrons. The average molecular weight is 276 g/mol. The Labute approximate surface area is 120 Å². The van der Waals surface area contributed by atoms with Gasteiger partial charge in [0.1, 0.15) is 5.75 Å². The summed E-state index contributed by atoms with van der Waals surface area (Å²) in [4.78, 5) is 12.3. The van der Waals surface area contributed by atoms with Crippen molar-refractivity contribution in [3.05, 3.63) is 29.8 Å². The van der Waals surface area contributed by atoms with E-state index in [4.69, 9.17) is 4.74 Å². The molecule has 4 heteroatoms. The smallest absolute Gasteiger partial charge is 0.240 e. The Morgan fingerprint density at radius 1 is 1.40 bits per heavy atom. The lowest BCUT2D eigenvalue weighted by Gasteiger charge is -2.33. The predicted molar refractivity (Wildman–Crippen MR) is 80.0 cm³/mol. The number of ether oxygens (including phenoxy) is 1. The van der Waals surface area contributed by atoms with E-state index in [1.165, 1.54) is 0 Å². The molecule has 0 spiro atoms. The molecular weight excluding hydrogens is 252 g/mol. The molecule has 4 nitrogen and oxygen atoms in total. The molecule has 1 aliphatic heterocycles. The van der Waals surface area contributed by atoms with Gasteiger partial charge in [0.05, 0.1) is 12.6 Å². The first kappa shape index (κ1) is 14.9. The van der Waals surface area contributed by atoms with Gasteiger partial charge in [-0.2, -0.15) is 0 Å². The van der Waals surface area contributed by atoms with Gasteiger partial charge in [0.15, 0.2) is 0 Å². The van der Waals surface area contributed by atoms with Crippen LogP contribution < -0.4 is 15.4 Å². The van der Waals surface area contributed by atoms with Crippen LogP contribution in [-0.2, 0) is 11.2 Å². The highest BCUT2D eigenvalue weighted by molar-refractivity contribution is 5.85. The van der Waals surface area contributed by atoms with Crippen LogP contribution in [-0.4, -0.2) is 31.6 Å². The highest BCUT2D eigenvalue weighted by Crippen LogP contribution is 2.19. The fraction of sp³-hybridized carbons (Fsp3) is 0.562. The number of para-hydroxylation sites is 1. The number of carbonyl (C=O) groups excluding carboxylic acids is 1. The van der Waals surface area contributed by atoms with Crippen molar-refractivity contribution < 1.29 is 9.53 Å². The molecule has 0 bridgehead atoms. The summed E-state index contributed by atoms with van der Waals surface area (Å²) in [6.07, 6.45) is 3.97. The normalized spacial score (nSPS) is 22.3. The van der Waals surface area contributed by atoms with Crippen molar-refractivity contribution >= 4 is 5.91 Å². The summed E-state index contributed by atoms with van der Waals surface area (Å²) in [5.41, 5.74) is 0.719. The number of amides is 1. The van der Waals surface area contributed by atoms with E-state index in [1.54, 1.807) is 7.11 Å². The van der Waals surface area contributed by atoms with E-state index >= 15 is 0 Å². The van der Waals surface area contributed by atoms with Crippen LogP contribution >= 0.6 is 0 Å². The number of piperidine rings is 1. The molecule has 20 heavy (non-hydrogen) atoms. The quantitative estimate of drug-likeness (QED) is 0.863. The van der Waals surface area contributed by atoms with Crippen LogP contribution in [0.4, 0.5) is 0 Å². The molecule has 1 aliphatic rings. The van der Waals surface area contributed by atoms with Gasteiger partial charge in [-0.05, 0) is 50.8 Å². The summed E-state index contributed by atoms with van der Waals surface area (Å²) in [7, 11) is 1.67. The molecule has 110 valence electrons. The number of nitrogens with one attached hydrogen (secondary N) is 2. The van der Waals surface area contributed by atoms with Crippen molar-refractivity contribution in [3.63, 3.8) is 0 Å². The minimum atomic E-state index is -0.404. The maximum Gasteiger partial charge on any atom is 0.240 e. The first-order valence-corrected chi connectivity index (χ1v) is 7.31. The third kappa shape index (κ3) is 3.51. The van der Waals surface area contributed by atoms with Gasteiger partial charge in [0.25, 0.3) is 0 Å². The number of benzene rings is 1. The zero-order valence-electron chi connectivity index (χ0n) is 12.4. The van der Waals surface area contributed by atoms with Crippen molar-refractivity contribution in [1.82, 2.24) is 10.6 Å². The minimum Gasteiger partial charge on any atom is -0.496 e. The van der Waals surface area contributed by atoms with Crippen LogP contribution in [0.15, 0.2) is 24.3 Å². The molecule has 1 aromatic rings. The van der Waals surface area contributed by atoms with Crippen LogP contribution in [0.3, 0.4) is 0 Å². The second-order valence-corrected chi connectivity index (χ2v) is 5.53. The Balaban J connectivity index is 1.84. The van der Waals surface area contributed by atoms with Crippen LogP contribution in [0.5, 0.6) is 5.75 Å². The van der Waals surface area contributed by atoms with E-state index in [2.05, 4.69) is 10.6 Å². The predicted octanol–water partition coefficient (Wildman–Crippen LogP) is 1.89. The lowest BCUT2D eigenvalue weighted by Crippen LogP contribution is -2.57. The summed E-state index contributed by atoms with van der Waals surface area (Å²) in [6.45, 7) is 3.55. The summed E-state index contributed by atoms with van der Waals surface area (Å²) in [5, 5.41) is 6.37. The van der Waals surface area contributed by atoms with Crippen molar-refractivity contribution in [2.24, 2.45) is 0 Å². The molecule has 2 N–H and O–H groups in total. The highest BCUT2D eigenvalue weighted by Gasteiger charge is 2.33. The SMILES string of the molecule is COc1ccccc1CCNC(=O)C1(C)CCCCN1. The second-order valence-electron chi connectivity index (χ2n) is 5.53. The number of carbonyl (C=O) groups is 1. The largest absolute Gasteiger partial charge is 0.496 e. The van der Waals surface area contributed by atoms with Crippen molar-refractivity contribution in [2.45, 2.75) is 38.1 Å². The Morgan fingerprint density at radius 2 is 2.20 bits per heavy atom. The second kappa shape index (κ2) is 6.75. The van der Waals surface area contributed by atoms with Crippen molar-refractivity contribution in [1.29, 1.82) is 0 Å². The Morgan fingerprint density at radius 3 is 2.90 bits per heavy atom. The van der Waals surface area contributed by atoms with E-state index in [9.17, 15) is 4.79 Å². The monoisotopic (exact) mass is 276 g/mol. The average Bonchev–Trinajstić information content (AvgIpc) is 2.48. The number of hydrogen-bond acceptors (Lipinski definition) is 3. The fourth-order valence-corrected chi connectivity index (χ4v) is 2.67. The lowest BCUT2D eigenvalue weighted by atomic mass is 9.90. The van der Waals surface area contributed by atoms with E-state index in [0.29, 0.717) is 6.54 Å². The molecule has 1 aromatic carbocycles. The van der Waals surface area contributed by atoms with Crippen molar-refractivity contribution in [2.75, 3.05) is 20.2 Å². The maximum absolute atomic E-state index is 12.3. The van der Waals surface area contributed by atoms with Gasteiger partial charge in [-0.15, -0.1) is 0 Å². The lowest BCUT2D eigenvalue weighted by molar-refractivity contribution is -0.127. The van der Waals surface area contributed by atoms with Gasteiger partial charge >= 0.3 is 0 Å². The summed E-state index contributed by atoms with van der Waals surface area (Å²) in [6, 6.07) is 7.92. The van der Waals surface area contributed by atoms with E-state index < -0.39 is 5.54 Å². The molecule has 0 saturated carbocycles. The molecule has 1 heterocycles. The number of hydrogen-bond donors (Lipinski definition) is 2. The van der Waals surface area contributed by atoms with Gasteiger partial charge in [-0.3, -0.25) is 4.79 Å². The molecule has 1 fully saturated rings. The Bertz CT molecular complexity index is 454. The third-order valence-corrected chi connectivity index (χ3v) is 3.99. The summed E-state index contributed by atoms with van der Waals surface area (Å²) >= 11 is 0. The third-order valence-electron chi connectivity index (χ3n) is 3.99. The summed E-state index contributed by atoms with van der Waals surface area (Å²) < 4.78 is 5.31. The van der Waals surface area contributed by atoms with Crippen LogP contribution in [0, 0.1) is 0 Å². The summed E-state index contributed by atoms with van der Waals surface area (Å²) in [5.74, 6) is 0.982. The molecule has 1 atom stereocenters. The topological polar surface area (TPSA) is 50.4 Å². The van der Waals surface area contributed by atoms with Crippen LogP contribution in [0.25, 0.3) is 0 Å². The minimum absolute atomic E-state index is 0.104. The molecule has 1 amide bonds. The standard InChI is InChI=1S/C16H24N2O2/c1-16(10-5-6-11-18-16)15(19)17-12-9-13-7-3-4-8-14(13)20-2/h3-4,7-8,18H,5-6,9-12H2,1-2H3,(H,17,19). The molecule has 1 saturated heterocycles. The van der Waals surface area contributed by atoms with Gasteiger partial charge in [-0.25, -0.2) is 0 Å². The number of methoxy groups -OCH3 is 1. The molecular formula is C16H24N2O2. The first-order chi connectivity index (χ1) is 9.65. The van der Waals surface area contributed by atoms with E-state index in [0.717, 1.165) is 43.5 Å². The zero-order chi connectivity index (χ0) is 14.4. The van der Waals surface area contributed by atoms with Crippen molar-refractivity contribution in [3.8, 4) is 5.75 Å². The maximum atomic E-state index is 12.3. The van der Waals surface area contributed by atoms with Crippen LogP contribution in [0.1, 0.15) is 31.7 Å². The fourth-order valence-electron chi connectivity index (χ4n) is 2.67. The van der Waals surface area contributed by atoms with Gasteiger partial charge in [0, 0.05) is 6.54 Å². The van der Waals surface area contributed by atoms with Gasteiger partial charge in [-0.1, -0.05) is 18.2 Å². The molecule has 0 aromatic heterocycles. The Kier molecular flexibility index (Phi) is 5.01. The van der Waals surface area contributed by atoms with E-state index in [1.807, 2.05) is 31.2 Å². The van der Waals surface area contributed by atoms with Crippen LogP contribution in [0.2, 0.25) is 0 Å². The first-order valence-electron chi connectivity index (χ1n) is 7.31. The van der Waals surface area contributed by atoms with Gasteiger partial charge in [0.2, 0.25) is 5.91 Å². The molecule has 2 rings (SSSR count). The number of rotatable bonds is 5. The Hall–Kier alpha value is -1.55. The zero-order valence-corrected chi connectivity index (χ0v) is 12.4. The van der Waals surface area contributed by atoms with E-state index in [-0.39, 0.29) is 5.91 Å².